The first kappa shape index (κ1) is 18.8. The molecule has 6 heteroatoms. The van der Waals surface area contributed by atoms with E-state index in [1.54, 1.807) is 7.05 Å². The minimum atomic E-state index is -0.935. The van der Waals surface area contributed by atoms with E-state index in [0.717, 1.165) is 11.1 Å². The quantitative estimate of drug-likeness (QED) is 0.790. The van der Waals surface area contributed by atoms with Crippen LogP contribution >= 0.6 is 11.6 Å². The summed E-state index contributed by atoms with van der Waals surface area (Å²) in [7, 11) is 1.58. The minimum absolute atomic E-state index is 0.0928. The van der Waals surface area contributed by atoms with Crippen molar-refractivity contribution in [2.24, 2.45) is 0 Å². The van der Waals surface area contributed by atoms with Crippen LogP contribution in [0.4, 0.5) is 4.79 Å². The van der Waals surface area contributed by atoms with Gasteiger partial charge in [0.15, 0.2) is 0 Å². The Labute approximate surface area is 152 Å². The third-order valence-corrected chi connectivity index (χ3v) is 4.26. The number of carbonyl (C=O) groups excluding carboxylic acids is 1. The van der Waals surface area contributed by atoms with Gasteiger partial charge in [-0.25, -0.2) is 4.79 Å². The summed E-state index contributed by atoms with van der Waals surface area (Å²) in [5.41, 5.74) is 1.90. The number of aliphatic carboxylic acids is 1. The third kappa shape index (κ3) is 5.80. The van der Waals surface area contributed by atoms with Crippen molar-refractivity contribution >= 4 is 23.6 Å². The number of hydrogen-bond donors (Lipinski definition) is 2. The van der Waals surface area contributed by atoms with E-state index in [0.29, 0.717) is 11.4 Å². The number of amides is 2. The Morgan fingerprint density at radius 1 is 1.12 bits per heavy atom. The lowest BCUT2D eigenvalue weighted by Crippen LogP contribution is -2.40. The van der Waals surface area contributed by atoms with E-state index in [4.69, 9.17) is 16.7 Å². The standard InChI is InChI=1S/C19H21ClN2O3/c1-22(12-11-18(23)24)19(25)21-17(14-7-3-2-4-8-14)13-15-9-5-6-10-16(15)20/h2-10,17H,11-13H2,1H3,(H,21,25)(H,23,24). The number of nitrogens with zero attached hydrogens (tertiary/aromatic N) is 1. The first-order valence-corrected chi connectivity index (χ1v) is 8.37. The first-order valence-electron chi connectivity index (χ1n) is 7.99. The van der Waals surface area contributed by atoms with E-state index in [1.165, 1.54) is 4.90 Å². The highest BCUT2D eigenvalue weighted by molar-refractivity contribution is 6.31. The number of urea groups is 1. The van der Waals surface area contributed by atoms with Crippen LogP contribution in [-0.2, 0) is 11.2 Å². The van der Waals surface area contributed by atoms with Gasteiger partial charge in [0.2, 0.25) is 0 Å². The molecular formula is C19H21ClN2O3. The molecule has 132 valence electrons. The number of carboxylic acids is 1. The van der Waals surface area contributed by atoms with Gasteiger partial charge in [-0.15, -0.1) is 0 Å². The van der Waals surface area contributed by atoms with Crippen LogP contribution in [0.2, 0.25) is 5.02 Å². The van der Waals surface area contributed by atoms with E-state index in [1.807, 2.05) is 54.6 Å². The van der Waals surface area contributed by atoms with Crippen LogP contribution in [-0.4, -0.2) is 35.6 Å². The first-order chi connectivity index (χ1) is 12.0. The van der Waals surface area contributed by atoms with E-state index < -0.39 is 5.97 Å². The Balaban J connectivity index is 2.14. The fourth-order valence-electron chi connectivity index (χ4n) is 2.45. The lowest BCUT2D eigenvalue weighted by atomic mass is 9.99. The molecule has 0 fully saturated rings. The summed E-state index contributed by atoms with van der Waals surface area (Å²) >= 11 is 6.25. The van der Waals surface area contributed by atoms with E-state index in [2.05, 4.69) is 5.32 Å². The molecule has 0 saturated carbocycles. The van der Waals surface area contributed by atoms with Crippen LogP contribution in [0.1, 0.15) is 23.6 Å². The Hall–Kier alpha value is -2.53. The summed E-state index contributed by atoms with van der Waals surface area (Å²) < 4.78 is 0. The number of carboxylic acid groups (broad SMARTS) is 1. The van der Waals surface area contributed by atoms with Gasteiger partial charge in [-0.3, -0.25) is 4.79 Å². The van der Waals surface area contributed by atoms with Crippen molar-refractivity contribution in [2.45, 2.75) is 18.9 Å². The predicted molar refractivity (Wildman–Crippen MR) is 97.8 cm³/mol. The molecule has 0 heterocycles. The molecule has 0 aliphatic carbocycles. The summed E-state index contributed by atoms with van der Waals surface area (Å²) in [6.07, 6.45) is 0.451. The highest BCUT2D eigenvalue weighted by Gasteiger charge is 2.19. The Kier molecular flexibility index (Phi) is 6.83. The average Bonchev–Trinajstić information content (AvgIpc) is 2.61. The predicted octanol–water partition coefficient (Wildman–Crippen LogP) is 3.74. The average molecular weight is 361 g/mol. The van der Waals surface area contributed by atoms with Crippen molar-refractivity contribution in [2.75, 3.05) is 13.6 Å². The molecule has 2 amide bonds. The second kappa shape index (κ2) is 9.08. The molecule has 1 atom stereocenters. The summed E-state index contributed by atoms with van der Waals surface area (Å²) in [6, 6.07) is 16.6. The van der Waals surface area contributed by atoms with E-state index in [9.17, 15) is 9.59 Å². The van der Waals surface area contributed by atoms with Gasteiger partial charge < -0.3 is 15.3 Å². The molecule has 25 heavy (non-hydrogen) atoms. The molecular weight excluding hydrogens is 340 g/mol. The SMILES string of the molecule is CN(CCC(=O)O)C(=O)NC(Cc1ccccc1Cl)c1ccccc1. The van der Waals surface area contributed by atoms with Gasteiger partial charge in [-0.1, -0.05) is 60.1 Å². The maximum Gasteiger partial charge on any atom is 0.317 e. The van der Waals surface area contributed by atoms with Crippen LogP contribution in [0, 0.1) is 0 Å². The summed E-state index contributed by atoms with van der Waals surface area (Å²) in [5.74, 6) is -0.935. The maximum absolute atomic E-state index is 12.4. The van der Waals surface area contributed by atoms with Gasteiger partial charge in [-0.2, -0.15) is 0 Å². The molecule has 2 N–H and O–H groups in total. The van der Waals surface area contributed by atoms with Gasteiger partial charge in [0, 0.05) is 18.6 Å². The Morgan fingerprint density at radius 3 is 2.40 bits per heavy atom. The van der Waals surface area contributed by atoms with Crippen molar-refractivity contribution in [3.63, 3.8) is 0 Å². The number of hydrogen-bond acceptors (Lipinski definition) is 2. The fraction of sp³-hybridized carbons (Fsp3) is 0.263. The Morgan fingerprint density at radius 2 is 1.76 bits per heavy atom. The van der Waals surface area contributed by atoms with Gasteiger partial charge in [0.05, 0.1) is 12.5 Å². The molecule has 2 rings (SSSR count). The number of halogens is 1. The summed E-state index contributed by atoms with van der Waals surface area (Å²) in [4.78, 5) is 24.5. The van der Waals surface area contributed by atoms with Gasteiger partial charge >= 0.3 is 12.0 Å². The van der Waals surface area contributed by atoms with Crippen LogP contribution < -0.4 is 5.32 Å². The highest BCUT2D eigenvalue weighted by Crippen LogP contribution is 2.23. The molecule has 0 spiro atoms. The maximum atomic E-state index is 12.4. The molecule has 0 saturated heterocycles. The van der Waals surface area contributed by atoms with Gasteiger partial charge in [0.25, 0.3) is 0 Å². The normalized spacial score (nSPS) is 11.6. The van der Waals surface area contributed by atoms with Gasteiger partial charge in [-0.05, 0) is 23.6 Å². The number of carbonyl (C=O) groups is 2. The molecule has 0 bridgehead atoms. The van der Waals surface area contributed by atoms with Gasteiger partial charge in [0.1, 0.15) is 0 Å². The van der Waals surface area contributed by atoms with Crippen LogP contribution in [0.3, 0.4) is 0 Å². The van der Waals surface area contributed by atoms with Crippen LogP contribution in [0.15, 0.2) is 54.6 Å². The molecule has 0 aliphatic rings. The molecule has 1 unspecified atom stereocenters. The Bertz CT molecular complexity index is 722. The lowest BCUT2D eigenvalue weighted by Gasteiger charge is -2.24. The van der Waals surface area contributed by atoms with Crippen LogP contribution in [0.5, 0.6) is 0 Å². The van der Waals surface area contributed by atoms with Crippen LogP contribution in [0.25, 0.3) is 0 Å². The number of rotatable bonds is 7. The second-order valence-corrected chi connectivity index (χ2v) is 6.18. The zero-order chi connectivity index (χ0) is 18.2. The smallest absolute Gasteiger partial charge is 0.317 e. The zero-order valence-electron chi connectivity index (χ0n) is 14.0. The fourth-order valence-corrected chi connectivity index (χ4v) is 2.66. The molecule has 0 radical (unpaired) electrons. The van der Waals surface area contributed by atoms with Crippen molar-refractivity contribution < 1.29 is 14.7 Å². The minimum Gasteiger partial charge on any atom is -0.481 e. The van der Waals surface area contributed by atoms with E-state index in [-0.39, 0.29) is 25.0 Å². The second-order valence-electron chi connectivity index (χ2n) is 5.77. The largest absolute Gasteiger partial charge is 0.481 e. The van der Waals surface area contributed by atoms with Crippen molar-refractivity contribution in [1.29, 1.82) is 0 Å². The summed E-state index contributed by atoms with van der Waals surface area (Å²) in [6.45, 7) is 0.148. The third-order valence-electron chi connectivity index (χ3n) is 3.89. The van der Waals surface area contributed by atoms with Crippen molar-refractivity contribution in [3.8, 4) is 0 Å². The molecule has 5 nitrogen and oxygen atoms in total. The monoisotopic (exact) mass is 360 g/mol. The molecule has 2 aromatic rings. The lowest BCUT2D eigenvalue weighted by molar-refractivity contribution is -0.137. The van der Waals surface area contributed by atoms with E-state index >= 15 is 0 Å². The highest BCUT2D eigenvalue weighted by atomic mass is 35.5. The molecule has 2 aromatic carbocycles. The number of nitrogens with one attached hydrogen (secondary N) is 1. The van der Waals surface area contributed by atoms with Crippen molar-refractivity contribution in [3.05, 3.63) is 70.7 Å². The zero-order valence-corrected chi connectivity index (χ0v) is 14.7. The number of benzene rings is 2. The molecule has 0 aromatic heterocycles. The summed E-state index contributed by atoms with van der Waals surface area (Å²) in [5, 5.41) is 12.4. The topological polar surface area (TPSA) is 69.6 Å². The molecule has 0 aliphatic heterocycles. The van der Waals surface area contributed by atoms with Crippen molar-refractivity contribution in [1.82, 2.24) is 10.2 Å².